The van der Waals surface area contributed by atoms with Gasteiger partial charge < -0.3 is 4.74 Å². The summed E-state index contributed by atoms with van der Waals surface area (Å²) < 4.78 is 4.76. The molecule has 0 aliphatic carbocycles. The van der Waals surface area contributed by atoms with Gasteiger partial charge in [-0.1, -0.05) is 19.9 Å². The molecule has 13 heavy (non-hydrogen) atoms. The number of hydrogen-bond donors (Lipinski definition) is 1. The van der Waals surface area contributed by atoms with Crippen LogP contribution in [-0.2, 0) is 9.53 Å². The van der Waals surface area contributed by atoms with Crippen LogP contribution in [0.2, 0.25) is 0 Å². The SMILES string of the molecule is C=CCNC(CC)(CC)C(=O)OC. The van der Waals surface area contributed by atoms with Gasteiger partial charge >= 0.3 is 5.97 Å². The summed E-state index contributed by atoms with van der Waals surface area (Å²) in [5.41, 5.74) is -0.539. The van der Waals surface area contributed by atoms with Crippen molar-refractivity contribution >= 4 is 5.97 Å². The van der Waals surface area contributed by atoms with Crippen molar-refractivity contribution in [2.45, 2.75) is 32.2 Å². The molecule has 3 heteroatoms. The van der Waals surface area contributed by atoms with Crippen LogP contribution in [0.4, 0.5) is 0 Å². The van der Waals surface area contributed by atoms with Crippen LogP contribution in [0.1, 0.15) is 26.7 Å². The first-order valence-corrected chi connectivity index (χ1v) is 4.61. The van der Waals surface area contributed by atoms with Crippen LogP contribution in [0.25, 0.3) is 0 Å². The zero-order valence-corrected chi connectivity index (χ0v) is 8.72. The second-order valence-electron chi connectivity index (χ2n) is 2.95. The van der Waals surface area contributed by atoms with Gasteiger partial charge in [-0.05, 0) is 12.8 Å². The van der Waals surface area contributed by atoms with Gasteiger partial charge in [0.25, 0.3) is 0 Å². The number of esters is 1. The van der Waals surface area contributed by atoms with E-state index in [1.54, 1.807) is 6.08 Å². The van der Waals surface area contributed by atoms with E-state index in [1.807, 2.05) is 13.8 Å². The van der Waals surface area contributed by atoms with Gasteiger partial charge in [-0.2, -0.15) is 0 Å². The zero-order valence-electron chi connectivity index (χ0n) is 8.72. The Morgan fingerprint density at radius 1 is 1.54 bits per heavy atom. The lowest BCUT2D eigenvalue weighted by Gasteiger charge is -2.29. The van der Waals surface area contributed by atoms with E-state index < -0.39 is 5.54 Å². The number of hydrogen-bond acceptors (Lipinski definition) is 3. The molecular weight excluding hydrogens is 166 g/mol. The lowest BCUT2D eigenvalue weighted by Crippen LogP contribution is -2.51. The summed E-state index contributed by atoms with van der Waals surface area (Å²) in [6, 6.07) is 0. The minimum absolute atomic E-state index is 0.195. The quantitative estimate of drug-likeness (QED) is 0.503. The fourth-order valence-corrected chi connectivity index (χ4v) is 1.32. The van der Waals surface area contributed by atoms with Crippen LogP contribution >= 0.6 is 0 Å². The monoisotopic (exact) mass is 185 g/mol. The zero-order chi connectivity index (χ0) is 10.3. The maximum Gasteiger partial charge on any atom is 0.326 e. The second-order valence-corrected chi connectivity index (χ2v) is 2.95. The third kappa shape index (κ3) is 2.84. The number of carbonyl (C=O) groups is 1. The highest BCUT2D eigenvalue weighted by molar-refractivity contribution is 5.80. The maximum absolute atomic E-state index is 11.5. The van der Waals surface area contributed by atoms with Crippen LogP contribution in [0.3, 0.4) is 0 Å². The topological polar surface area (TPSA) is 38.3 Å². The van der Waals surface area contributed by atoms with Crippen LogP contribution in [0.15, 0.2) is 12.7 Å². The largest absolute Gasteiger partial charge is 0.468 e. The predicted octanol–water partition coefficient (Wildman–Crippen LogP) is 1.49. The summed E-state index contributed by atoms with van der Waals surface area (Å²) in [6.07, 6.45) is 3.19. The normalized spacial score (nSPS) is 11.0. The number of carbonyl (C=O) groups excluding carboxylic acids is 1. The minimum atomic E-state index is -0.539. The van der Waals surface area contributed by atoms with E-state index in [0.29, 0.717) is 6.54 Å². The van der Waals surface area contributed by atoms with E-state index in [-0.39, 0.29) is 5.97 Å². The van der Waals surface area contributed by atoms with Crippen LogP contribution in [-0.4, -0.2) is 25.2 Å². The van der Waals surface area contributed by atoms with Gasteiger partial charge in [0.1, 0.15) is 5.54 Å². The minimum Gasteiger partial charge on any atom is -0.468 e. The summed E-state index contributed by atoms with van der Waals surface area (Å²) in [7, 11) is 1.41. The molecule has 0 rings (SSSR count). The third-order valence-corrected chi connectivity index (χ3v) is 2.37. The van der Waals surface area contributed by atoms with E-state index >= 15 is 0 Å². The fraction of sp³-hybridized carbons (Fsp3) is 0.700. The van der Waals surface area contributed by atoms with Gasteiger partial charge in [0.05, 0.1) is 7.11 Å². The fourth-order valence-electron chi connectivity index (χ4n) is 1.32. The summed E-state index contributed by atoms with van der Waals surface area (Å²) in [5, 5.41) is 3.14. The van der Waals surface area contributed by atoms with E-state index in [0.717, 1.165) is 12.8 Å². The van der Waals surface area contributed by atoms with Gasteiger partial charge in [-0.15, -0.1) is 6.58 Å². The molecule has 0 fully saturated rings. The molecule has 0 bridgehead atoms. The Morgan fingerprint density at radius 2 is 2.08 bits per heavy atom. The first-order chi connectivity index (χ1) is 6.16. The highest BCUT2D eigenvalue weighted by Gasteiger charge is 2.34. The molecule has 1 N–H and O–H groups in total. The average molecular weight is 185 g/mol. The highest BCUT2D eigenvalue weighted by atomic mass is 16.5. The number of methoxy groups -OCH3 is 1. The van der Waals surface area contributed by atoms with Crippen molar-refractivity contribution in [3.8, 4) is 0 Å². The van der Waals surface area contributed by atoms with Crippen LogP contribution < -0.4 is 5.32 Å². The Hall–Kier alpha value is -0.830. The third-order valence-electron chi connectivity index (χ3n) is 2.37. The summed E-state index contributed by atoms with van der Waals surface area (Å²) >= 11 is 0. The Kier molecular flexibility index (Phi) is 5.39. The lowest BCUT2D eigenvalue weighted by molar-refractivity contribution is -0.148. The molecule has 0 aliphatic rings. The van der Waals surface area contributed by atoms with Gasteiger partial charge in [-0.3, -0.25) is 10.1 Å². The van der Waals surface area contributed by atoms with Crippen molar-refractivity contribution in [1.82, 2.24) is 5.32 Å². The van der Waals surface area contributed by atoms with Crippen molar-refractivity contribution in [1.29, 1.82) is 0 Å². The smallest absolute Gasteiger partial charge is 0.326 e. The molecule has 76 valence electrons. The Bertz CT molecular complexity index is 174. The molecule has 0 radical (unpaired) electrons. The van der Waals surface area contributed by atoms with E-state index in [1.165, 1.54) is 7.11 Å². The van der Waals surface area contributed by atoms with Gasteiger partial charge in [0.2, 0.25) is 0 Å². The number of nitrogens with one attached hydrogen (secondary N) is 1. The standard InChI is InChI=1S/C10H19NO2/c1-5-8-11-10(6-2,7-3)9(12)13-4/h5,11H,1,6-8H2,2-4H3. The van der Waals surface area contributed by atoms with Gasteiger partial charge in [0.15, 0.2) is 0 Å². The van der Waals surface area contributed by atoms with Crippen LogP contribution in [0, 0.1) is 0 Å². The predicted molar refractivity (Wildman–Crippen MR) is 53.5 cm³/mol. The first kappa shape index (κ1) is 12.2. The van der Waals surface area contributed by atoms with Crippen molar-refractivity contribution in [3.05, 3.63) is 12.7 Å². The summed E-state index contributed by atoms with van der Waals surface area (Å²) in [5.74, 6) is -0.195. The van der Waals surface area contributed by atoms with E-state index in [9.17, 15) is 4.79 Å². The number of rotatable bonds is 6. The molecule has 0 aromatic rings. The lowest BCUT2D eigenvalue weighted by atomic mass is 9.93. The molecule has 0 heterocycles. The van der Waals surface area contributed by atoms with Crippen molar-refractivity contribution < 1.29 is 9.53 Å². The molecule has 0 aliphatic heterocycles. The molecule has 0 amide bonds. The molecular formula is C10H19NO2. The van der Waals surface area contributed by atoms with Crippen molar-refractivity contribution in [2.75, 3.05) is 13.7 Å². The van der Waals surface area contributed by atoms with E-state index in [2.05, 4.69) is 11.9 Å². The molecule has 0 aromatic carbocycles. The molecule has 0 aromatic heterocycles. The first-order valence-electron chi connectivity index (χ1n) is 4.61. The van der Waals surface area contributed by atoms with Gasteiger partial charge in [-0.25, -0.2) is 0 Å². The summed E-state index contributed by atoms with van der Waals surface area (Å²) in [6.45, 7) is 8.16. The number of ether oxygens (including phenoxy) is 1. The molecule has 0 unspecified atom stereocenters. The Balaban J connectivity index is 4.47. The molecule has 0 saturated heterocycles. The highest BCUT2D eigenvalue weighted by Crippen LogP contribution is 2.16. The maximum atomic E-state index is 11.5. The Labute approximate surface area is 80.2 Å². The Morgan fingerprint density at radius 3 is 2.38 bits per heavy atom. The second kappa shape index (κ2) is 5.75. The van der Waals surface area contributed by atoms with Crippen molar-refractivity contribution in [2.24, 2.45) is 0 Å². The van der Waals surface area contributed by atoms with Crippen molar-refractivity contribution in [3.63, 3.8) is 0 Å². The molecule has 0 saturated carbocycles. The summed E-state index contributed by atoms with van der Waals surface area (Å²) in [4.78, 5) is 11.5. The molecule has 0 atom stereocenters. The van der Waals surface area contributed by atoms with Gasteiger partial charge in [0, 0.05) is 6.54 Å². The molecule has 3 nitrogen and oxygen atoms in total. The average Bonchev–Trinajstić information content (AvgIpc) is 2.19. The molecule has 0 spiro atoms. The van der Waals surface area contributed by atoms with Crippen LogP contribution in [0.5, 0.6) is 0 Å². The van der Waals surface area contributed by atoms with E-state index in [4.69, 9.17) is 4.74 Å².